The number of anilines is 1. The number of hydrogen-bond acceptors (Lipinski definition) is 4. The van der Waals surface area contributed by atoms with Crippen LogP contribution in [0.15, 0.2) is 24.3 Å². The Morgan fingerprint density at radius 1 is 1.39 bits per heavy atom. The van der Waals surface area contributed by atoms with Gasteiger partial charge in [0.25, 0.3) is 5.91 Å². The molecule has 0 fully saturated rings. The van der Waals surface area contributed by atoms with Gasteiger partial charge in [0.1, 0.15) is 5.75 Å². The Balaban J connectivity index is 2.46. The van der Waals surface area contributed by atoms with Gasteiger partial charge in [0.05, 0.1) is 12.2 Å². The molecule has 6 nitrogen and oxygen atoms in total. The molecule has 0 atom stereocenters. The fourth-order valence-corrected chi connectivity index (χ4v) is 1.24. The third kappa shape index (κ3) is 3.97. The van der Waals surface area contributed by atoms with Crippen molar-refractivity contribution in [2.24, 2.45) is 0 Å². The fourth-order valence-electron chi connectivity index (χ4n) is 1.24. The summed E-state index contributed by atoms with van der Waals surface area (Å²) in [6.45, 7) is -0.148. The Morgan fingerprint density at radius 2 is 2.06 bits per heavy atom. The first-order valence-electron chi connectivity index (χ1n) is 5.46. The van der Waals surface area contributed by atoms with E-state index in [4.69, 9.17) is 10.5 Å². The van der Waals surface area contributed by atoms with Gasteiger partial charge in [0.2, 0.25) is 5.91 Å². The average molecular weight is 251 g/mol. The zero-order chi connectivity index (χ0) is 13.5. The van der Waals surface area contributed by atoms with Gasteiger partial charge in [0, 0.05) is 14.1 Å². The molecule has 0 saturated heterocycles. The molecule has 98 valence electrons. The van der Waals surface area contributed by atoms with Gasteiger partial charge in [-0.2, -0.15) is 0 Å². The van der Waals surface area contributed by atoms with Crippen LogP contribution in [0.3, 0.4) is 0 Å². The maximum absolute atomic E-state index is 11.7. The van der Waals surface area contributed by atoms with E-state index in [1.54, 1.807) is 24.3 Å². The van der Waals surface area contributed by atoms with E-state index in [-0.39, 0.29) is 25.0 Å². The van der Waals surface area contributed by atoms with Crippen molar-refractivity contribution in [2.75, 3.05) is 33.0 Å². The molecule has 0 aliphatic carbocycles. The fraction of sp³-hybridized carbons (Fsp3) is 0.333. The van der Waals surface area contributed by atoms with E-state index in [0.717, 1.165) is 0 Å². The standard InChI is InChI=1S/C12H17N3O3/c1-14-11(16)7-15(2)12(17)8-18-10-6-4-3-5-9(10)13/h3-6H,7-8,13H2,1-2H3,(H,14,16). The first kappa shape index (κ1) is 13.8. The number of nitrogen functional groups attached to an aromatic ring is 1. The molecule has 6 heteroatoms. The van der Waals surface area contributed by atoms with E-state index in [1.807, 2.05) is 0 Å². The quantitative estimate of drug-likeness (QED) is 0.713. The molecule has 0 saturated carbocycles. The lowest BCUT2D eigenvalue weighted by Crippen LogP contribution is -2.39. The van der Waals surface area contributed by atoms with E-state index < -0.39 is 0 Å². The maximum Gasteiger partial charge on any atom is 0.260 e. The lowest BCUT2D eigenvalue weighted by molar-refractivity contribution is -0.136. The highest BCUT2D eigenvalue weighted by Crippen LogP contribution is 2.19. The van der Waals surface area contributed by atoms with Crippen LogP contribution in [0.4, 0.5) is 5.69 Å². The van der Waals surface area contributed by atoms with Crippen LogP contribution < -0.4 is 15.8 Å². The molecule has 0 aliphatic rings. The highest BCUT2D eigenvalue weighted by atomic mass is 16.5. The first-order chi connectivity index (χ1) is 8.54. The number of ether oxygens (including phenoxy) is 1. The lowest BCUT2D eigenvalue weighted by Gasteiger charge is -2.16. The second-order valence-corrected chi connectivity index (χ2v) is 3.75. The third-order valence-electron chi connectivity index (χ3n) is 2.36. The molecule has 0 aliphatic heterocycles. The Hall–Kier alpha value is -2.24. The number of hydrogen-bond donors (Lipinski definition) is 2. The molecule has 1 aromatic rings. The molecule has 0 radical (unpaired) electrons. The number of rotatable bonds is 5. The minimum atomic E-state index is -0.290. The van der Waals surface area contributed by atoms with Gasteiger partial charge in [-0.15, -0.1) is 0 Å². The molecular weight excluding hydrogens is 234 g/mol. The molecule has 0 bridgehead atoms. The van der Waals surface area contributed by atoms with Crippen LogP contribution in [0.1, 0.15) is 0 Å². The number of amides is 2. The van der Waals surface area contributed by atoms with Gasteiger partial charge in [0.15, 0.2) is 6.61 Å². The summed E-state index contributed by atoms with van der Waals surface area (Å²) in [5.74, 6) is -0.0638. The molecule has 3 N–H and O–H groups in total. The van der Waals surface area contributed by atoms with Crippen molar-refractivity contribution in [2.45, 2.75) is 0 Å². The molecule has 2 amide bonds. The van der Waals surface area contributed by atoms with Crippen molar-refractivity contribution < 1.29 is 14.3 Å². The minimum absolute atomic E-state index is 0.00294. The number of likely N-dealkylation sites (N-methyl/N-ethyl adjacent to an activating group) is 2. The van der Waals surface area contributed by atoms with Crippen molar-refractivity contribution in [3.63, 3.8) is 0 Å². The van der Waals surface area contributed by atoms with Gasteiger partial charge in [-0.25, -0.2) is 0 Å². The zero-order valence-corrected chi connectivity index (χ0v) is 10.5. The van der Waals surface area contributed by atoms with Crippen LogP contribution in [0.2, 0.25) is 0 Å². The molecular formula is C12H17N3O3. The average Bonchev–Trinajstić information content (AvgIpc) is 2.37. The Kier molecular flexibility index (Phi) is 4.98. The Bertz CT molecular complexity index is 434. The summed E-state index contributed by atoms with van der Waals surface area (Å²) in [7, 11) is 3.05. The summed E-state index contributed by atoms with van der Waals surface area (Å²) >= 11 is 0. The maximum atomic E-state index is 11.7. The number of carbonyl (C=O) groups excluding carboxylic acids is 2. The van der Waals surface area contributed by atoms with Crippen molar-refractivity contribution in [1.82, 2.24) is 10.2 Å². The van der Waals surface area contributed by atoms with Crippen molar-refractivity contribution in [3.05, 3.63) is 24.3 Å². The number of nitrogens with one attached hydrogen (secondary N) is 1. The summed E-state index contributed by atoms with van der Waals surface area (Å²) < 4.78 is 5.29. The second-order valence-electron chi connectivity index (χ2n) is 3.75. The van der Waals surface area contributed by atoms with Crippen LogP contribution in [0, 0.1) is 0 Å². The monoisotopic (exact) mass is 251 g/mol. The first-order valence-corrected chi connectivity index (χ1v) is 5.46. The van der Waals surface area contributed by atoms with E-state index in [2.05, 4.69) is 5.32 Å². The topological polar surface area (TPSA) is 84.7 Å². The van der Waals surface area contributed by atoms with Crippen LogP contribution in [-0.4, -0.2) is 44.0 Å². The normalized spacial score (nSPS) is 9.67. The zero-order valence-electron chi connectivity index (χ0n) is 10.5. The van der Waals surface area contributed by atoms with Crippen LogP contribution >= 0.6 is 0 Å². The number of benzene rings is 1. The summed E-state index contributed by atoms with van der Waals surface area (Å²) in [6, 6.07) is 6.92. The highest BCUT2D eigenvalue weighted by Gasteiger charge is 2.13. The van der Waals surface area contributed by atoms with Crippen LogP contribution in [-0.2, 0) is 9.59 Å². The number of para-hydroxylation sites is 2. The van der Waals surface area contributed by atoms with Gasteiger partial charge in [-0.1, -0.05) is 12.1 Å². The molecule has 0 unspecified atom stereocenters. The van der Waals surface area contributed by atoms with Crippen molar-refractivity contribution in [1.29, 1.82) is 0 Å². The smallest absolute Gasteiger partial charge is 0.260 e. The van der Waals surface area contributed by atoms with Gasteiger partial charge < -0.3 is 20.7 Å². The predicted octanol–water partition coefficient (Wildman–Crippen LogP) is -0.148. The summed E-state index contributed by atoms with van der Waals surface area (Å²) in [4.78, 5) is 24.0. The summed E-state index contributed by atoms with van der Waals surface area (Å²) in [5.41, 5.74) is 6.14. The largest absolute Gasteiger partial charge is 0.482 e. The predicted molar refractivity (Wildman–Crippen MR) is 68.1 cm³/mol. The SMILES string of the molecule is CNC(=O)CN(C)C(=O)COc1ccccc1N. The van der Waals surface area contributed by atoms with E-state index in [1.165, 1.54) is 19.0 Å². The molecule has 0 spiro atoms. The van der Waals surface area contributed by atoms with Gasteiger partial charge in [-0.05, 0) is 12.1 Å². The molecule has 0 aromatic heterocycles. The van der Waals surface area contributed by atoms with E-state index in [9.17, 15) is 9.59 Å². The summed E-state index contributed by atoms with van der Waals surface area (Å²) in [5, 5.41) is 2.44. The molecule has 1 rings (SSSR count). The highest BCUT2D eigenvalue weighted by molar-refractivity contribution is 5.85. The van der Waals surface area contributed by atoms with Crippen LogP contribution in [0.25, 0.3) is 0 Å². The van der Waals surface area contributed by atoms with E-state index >= 15 is 0 Å². The minimum Gasteiger partial charge on any atom is -0.482 e. The number of nitrogens with zero attached hydrogens (tertiary/aromatic N) is 1. The Labute approximate surface area is 106 Å². The second kappa shape index (κ2) is 6.48. The molecule has 1 aromatic carbocycles. The number of carbonyl (C=O) groups is 2. The van der Waals surface area contributed by atoms with Crippen molar-refractivity contribution in [3.8, 4) is 5.75 Å². The third-order valence-corrected chi connectivity index (χ3v) is 2.36. The summed E-state index contributed by atoms with van der Waals surface area (Å²) in [6.07, 6.45) is 0. The van der Waals surface area contributed by atoms with Gasteiger partial charge >= 0.3 is 0 Å². The number of nitrogens with two attached hydrogens (primary N) is 1. The van der Waals surface area contributed by atoms with Crippen molar-refractivity contribution >= 4 is 17.5 Å². The van der Waals surface area contributed by atoms with E-state index in [0.29, 0.717) is 11.4 Å². The molecule has 0 heterocycles. The van der Waals surface area contributed by atoms with Crippen LogP contribution in [0.5, 0.6) is 5.75 Å². The lowest BCUT2D eigenvalue weighted by atomic mass is 10.3. The molecule has 18 heavy (non-hydrogen) atoms. The van der Waals surface area contributed by atoms with Gasteiger partial charge in [-0.3, -0.25) is 9.59 Å². The Morgan fingerprint density at radius 3 is 2.67 bits per heavy atom.